The van der Waals surface area contributed by atoms with Crippen LogP contribution in [0.2, 0.25) is 0 Å². The lowest BCUT2D eigenvalue weighted by atomic mass is 10.2. The van der Waals surface area contributed by atoms with Crippen LogP contribution >= 0.6 is 0 Å². The molecule has 0 aliphatic carbocycles. The number of rotatable bonds is 3. The van der Waals surface area contributed by atoms with Gasteiger partial charge in [-0.1, -0.05) is 0 Å². The first-order valence-corrected chi connectivity index (χ1v) is 6.36. The Morgan fingerprint density at radius 3 is 2.09 bits per heavy atom. The van der Waals surface area contributed by atoms with Crippen molar-refractivity contribution in [3.05, 3.63) is 0 Å². The molecule has 10 heteroatoms. The van der Waals surface area contributed by atoms with Crippen LogP contribution in [0.15, 0.2) is 0 Å². The Morgan fingerprint density at radius 1 is 1.32 bits per heavy atom. The average Bonchev–Trinajstić information content (AvgIpc) is 2.63. The largest absolute Gasteiger partial charge is 0.490 e. The highest BCUT2D eigenvalue weighted by Gasteiger charge is 2.45. The fraction of sp³-hybridized carbons (Fsp3) is 0.833. The number of carbonyl (C=O) groups excluding carboxylic acids is 1. The Morgan fingerprint density at radius 2 is 1.77 bits per heavy atom. The summed E-state index contributed by atoms with van der Waals surface area (Å²) in [6, 6.07) is 0. The Kier molecular flexibility index (Phi) is 7.26. The highest BCUT2D eigenvalue weighted by molar-refractivity contribution is 5.76. The summed E-state index contributed by atoms with van der Waals surface area (Å²) in [6.07, 6.45) is -6.39. The Labute approximate surface area is 125 Å². The number of carboxylic acid groups (broad SMARTS) is 1. The SMILES string of the molecule is CC(C)OC(=O)[C@@H]1OC(C)(C)O[C@H]1CN.O=C(O)C(F)(F)F. The minimum atomic E-state index is -5.08. The molecule has 1 fully saturated rings. The van der Waals surface area contributed by atoms with Gasteiger partial charge in [-0.05, 0) is 27.7 Å². The number of hydrogen-bond donors (Lipinski definition) is 2. The van der Waals surface area contributed by atoms with Crippen molar-refractivity contribution in [3.63, 3.8) is 0 Å². The minimum Gasteiger partial charge on any atom is -0.475 e. The minimum absolute atomic E-state index is 0.164. The normalized spacial score (nSPS) is 23.7. The van der Waals surface area contributed by atoms with E-state index in [1.807, 2.05) is 0 Å². The molecule has 0 radical (unpaired) electrons. The molecule has 0 saturated carbocycles. The summed E-state index contributed by atoms with van der Waals surface area (Å²) in [5.41, 5.74) is 5.50. The number of hydrogen-bond acceptors (Lipinski definition) is 6. The van der Waals surface area contributed by atoms with E-state index in [9.17, 15) is 18.0 Å². The number of carbonyl (C=O) groups is 2. The molecule has 3 N–H and O–H groups in total. The van der Waals surface area contributed by atoms with Crippen LogP contribution in [-0.2, 0) is 23.8 Å². The van der Waals surface area contributed by atoms with Crippen molar-refractivity contribution in [3.8, 4) is 0 Å². The van der Waals surface area contributed by atoms with Crippen molar-refractivity contribution >= 4 is 11.9 Å². The third-order valence-corrected chi connectivity index (χ3v) is 2.24. The van der Waals surface area contributed by atoms with Crippen molar-refractivity contribution in [2.75, 3.05) is 6.54 Å². The van der Waals surface area contributed by atoms with Crippen LogP contribution in [0.25, 0.3) is 0 Å². The predicted octanol–water partition coefficient (Wildman–Crippen LogP) is 1.05. The van der Waals surface area contributed by atoms with Gasteiger partial charge in [-0.25, -0.2) is 9.59 Å². The van der Waals surface area contributed by atoms with Crippen LogP contribution in [0.1, 0.15) is 27.7 Å². The molecule has 130 valence electrons. The molecule has 22 heavy (non-hydrogen) atoms. The highest BCUT2D eigenvalue weighted by Crippen LogP contribution is 2.28. The maximum absolute atomic E-state index is 11.6. The smallest absolute Gasteiger partial charge is 0.475 e. The third-order valence-electron chi connectivity index (χ3n) is 2.24. The fourth-order valence-electron chi connectivity index (χ4n) is 1.51. The second-order valence-corrected chi connectivity index (χ2v) is 5.12. The Bertz CT molecular complexity index is 397. The van der Waals surface area contributed by atoms with Gasteiger partial charge in [-0.2, -0.15) is 13.2 Å². The highest BCUT2D eigenvalue weighted by atomic mass is 19.4. The molecule has 1 rings (SSSR count). The number of alkyl halides is 3. The molecular formula is C12H20F3NO6. The molecule has 0 aromatic heterocycles. The summed E-state index contributed by atoms with van der Waals surface area (Å²) in [4.78, 5) is 20.5. The van der Waals surface area contributed by atoms with Gasteiger partial charge < -0.3 is 25.1 Å². The van der Waals surface area contributed by atoms with E-state index in [0.717, 1.165) is 0 Å². The van der Waals surface area contributed by atoms with Gasteiger partial charge in [0.05, 0.1) is 6.10 Å². The molecular weight excluding hydrogens is 311 g/mol. The summed E-state index contributed by atoms with van der Waals surface area (Å²) < 4.78 is 47.7. The lowest BCUT2D eigenvalue weighted by Gasteiger charge is -2.17. The van der Waals surface area contributed by atoms with Crippen LogP contribution in [0, 0.1) is 0 Å². The molecule has 1 heterocycles. The van der Waals surface area contributed by atoms with Gasteiger partial charge in [0, 0.05) is 6.54 Å². The lowest BCUT2D eigenvalue weighted by molar-refractivity contribution is -0.192. The summed E-state index contributed by atoms with van der Waals surface area (Å²) in [7, 11) is 0. The van der Waals surface area contributed by atoms with Gasteiger partial charge in [0.15, 0.2) is 11.9 Å². The first-order valence-electron chi connectivity index (χ1n) is 6.36. The van der Waals surface area contributed by atoms with E-state index in [2.05, 4.69) is 0 Å². The molecule has 0 spiro atoms. The van der Waals surface area contributed by atoms with E-state index >= 15 is 0 Å². The molecule has 0 aromatic carbocycles. The second-order valence-electron chi connectivity index (χ2n) is 5.12. The number of nitrogens with two attached hydrogens (primary N) is 1. The quantitative estimate of drug-likeness (QED) is 0.744. The molecule has 0 unspecified atom stereocenters. The van der Waals surface area contributed by atoms with Gasteiger partial charge >= 0.3 is 18.1 Å². The molecule has 0 amide bonds. The van der Waals surface area contributed by atoms with Gasteiger partial charge in [-0.3, -0.25) is 0 Å². The summed E-state index contributed by atoms with van der Waals surface area (Å²) in [6.45, 7) is 7.31. The Hall–Kier alpha value is -1.39. The van der Waals surface area contributed by atoms with Gasteiger partial charge in [0.1, 0.15) is 6.10 Å². The van der Waals surface area contributed by atoms with Crippen molar-refractivity contribution in [2.24, 2.45) is 5.73 Å². The first-order chi connectivity index (χ1) is 9.80. The molecule has 0 aromatic rings. The zero-order chi connectivity index (χ0) is 17.7. The van der Waals surface area contributed by atoms with Crippen molar-refractivity contribution in [1.29, 1.82) is 0 Å². The topological polar surface area (TPSA) is 108 Å². The van der Waals surface area contributed by atoms with Crippen LogP contribution in [-0.4, -0.2) is 53.9 Å². The molecule has 2 atom stereocenters. The number of carboxylic acids is 1. The summed E-state index contributed by atoms with van der Waals surface area (Å²) in [5.74, 6) is -3.94. The van der Waals surface area contributed by atoms with Crippen LogP contribution in [0.4, 0.5) is 13.2 Å². The zero-order valence-electron chi connectivity index (χ0n) is 12.6. The zero-order valence-corrected chi connectivity index (χ0v) is 12.6. The second kappa shape index (κ2) is 7.75. The maximum Gasteiger partial charge on any atom is 0.490 e. The predicted molar refractivity (Wildman–Crippen MR) is 67.8 cm³/mol. The van der Waals surface area contributed by atoms with E-state index in [1.165, 1.54) is 0 Å². The summed E-state index contributed by atoms with van der Waals surface area (Å²) >= 11 is 0. The standard InChI is InChI=1S/C10H19NO4.C2HF3O2/c1-6(2)13-9(12)8-7(5-11)14-10(3,4)15-8;3-2(4,5)1(6)7/h6-8H,5,11H2,1-4H3;(H,6,7)/t7-,8+;/m0./s1. The van der Waals surface area contributed by atoms with Gasteiger partial charge in [-0.15, -0.1) is 0 Å². The molecule has 7 nitrogen and oxygen atoms in total. The van der Waals surface area contributed by atoms with Crippen LogP contribution < -0.4 is 5.73 Å². The first kappa shape index (κ1) is 20.6. The summed E-state index contributed by atoms with van der Waals surface area (Å²) in [5, 5.41) is 7.12. The van der Waals surface area contributed by atoms with Crippen molar-refractivity contribution in [2.45, 2.75) is 58.0 Å². The number of halogens is 3. The fourth-order valence-corrected chi connectivity index (χ4v) is 1.51. The van der Waals surface area contributed by atoms with E-state index in [4.69, 9.17) is 29.8 Å². The van der Waals surface area contributed by atoms with Gasteiger partial charge in [0.25, 0.3) is 0 Å². The molecule has 1 aliphatic rings. The van der Waals surface area contributed by atoms with Crippen molar-refractivity contribution in [1.82, 2.24) is 0 Å². The van der Waals surface area contributed by atoms with E-state index in [-0.39, 0.29) is 12.6 Å². The number of esters is 1. The van der Waals surface area contributed by atoms with Crippen LogP contribution in [0.5, 0.6) is 0 Å². The van der Waals surface area contributed by atoms with Crippen molar-refractivity contribution < 1.29 is 42.1 Å². The monoisotopic (exact) mass is 331 g/mol. The molecule has 1 saturated heterocycles. The molecule has 0 bridgehead atoms. The Balaban J connectivity index is 0.000000534. The van der Waals surface area contributed by atoms with E-state index < -0.39 is 36.1 Å². The van der Waals surface area contributed by atoms with Gasteiger partial charge in [0.2, 0.25) is 0 Å². The van der Waals surface area contributed by atoms with E-state index in [1.54, 1.807) is 27.7 Å². The number of ether oxygens (including phenoxy) is 3. The van der Waals surface area contributed by atoms with E-state index in [0.29, 0.717) is 0 Å². The average molecular weight is 331 g/mol. The molecule has 1 aliphatic heterocycles. The number of aliphatic carboxylic acids is 1. The lowest BCUT2D eigenvalue weighted by Crippen LogP contribution is -2.38. The van der Waals surface area contributed by atoms with Crippen LogP contribution in [0.3, 0.4) is 0 Å². The maximum atomic E-state index is 11.6. The third kappa shape index (κ3) is 7.05.